The summed E-state index contributed by atoms with van der Waals surface area (Å²) in [5, 5.41) is 0. The van der Waals surface area contributed by atoms with E-state index in [1.54, 1.807) is 0 Å². The number of hydrogen-bond donors (Lipinski definition) is 1. The molecule has 0 amide bonds. The fourth-order valence-electron chi connectivity index (χ4n) is 2.34. The highest BCUT2D eigenvalue weighted by Gasteiger charge is 2.12. The van der Waals surface area contributed by atoms with E-state index in [4.69, 9.17) is 0 Å². The minimum absolute atomic E-state index is 0.0270. The van der Waals surface area contributed by atoms with Gasteiger partial charge in [0.15, 0.2) is 0 Å². The molecule has 0 spiro atoms. The van der Waals surface area contributed by atoms with Gasteiger partial charge >= 0.3 is 0 Å². The Hall–Kier alpha value is -1.85. The molecule has 4 nitrogen and oxygen atoms in total. The summed E-state index contributed by atoms with van der Waals surface area (Å²) in [5.41, 5.74) is 4.09. The standard InChI is InChI=1S/C18H24N2O2S/c1-15-6-4-5-7-17(15)14-23(21,22)19-13-12-16-8-10-18(11-9-16)20(2)3/h4-11,19H,12-14H2,1-3H3. The van der Waals surface area contributed by atoms with Crippen LogP contribution >= 0.6 is 0 Å². The van der Waals surface area contributed by atoms with E-state index >= 15 is 0 Å². The fraction of sp³-hybridized carbons (Fsp3) is 0.333. The minimum atomic E-state index is -3.31. The molecule has 0 aliphatic rings. The second kappa shape index (κ2) is 7.62. The summed E-state index contributed by atoms with van der Waals surface area (Å²) in [4.78, 5) is 2.04. The highest BCUT2D eigenvalue weighted by Crippen LogP contribution is 2.13. The van der Waals surface area contributed by atoms with Crippen LogP contribution in [0, 0.1) is 6.92 Å². The van der Waals surface area contributed by atoms with E-state index < -0.39 is 10.0 Å². The third-order valence-corrected chi connectivity index (χ3v) is 5.13. The van der Waals surface area contributed by atoms with Crippen LogP contribution in [0.4, 0.5) is 5.69 Å². The third kappa shape index (κ3) is 5.37. The third-order valence-electron chi connectivity index (χ3n) is 3.80. The summed E-state index contributed by atoms with van der Waals surface area (Å²) in [6.07, 6.45) is 0.681. The number of benzene rings is 2. The monoisotopic (exact) mass is 332 g/mol. The molecule has 0 bridgehead atoms. The van der Waals surface area contributed by atoms with Crippen molar-refractivity contribution in [3.8, 4) is 0 Å². The molecule has 0 saturated carbocycles. The molecule has 0 aliphatic carbocycles. The van der Waals surface area contributed by atoms with Crippen molar-refractivity contribution >= 4 is 15.7 Å². The molecule has 124 valence electrons. The van der Waals surface area contributed by atoms with E-state index in [0.717, 1.165) is 22.4 Å². The van der Waals surface area contributed by atoms with E-state index in [-0.39, 0.29) is 5.75 Å². The molecule has 0 saturated heterocycles. The molecule has 23 heavy (non-hydrogen) atoms. The van der Waals surface area contributed by atoms with Gasteiger partial charge in [-0.05, 0) is 42.2 Å². The summed E-state index contributed by atoms with van der Waals surface area (Å²) >= 11 is 0. The van der Waals surface area contributed by atoms with E-state index in [1.807, 2.05) is 74.4 Å². The number of rotatable bonds is 7. The average molecular weight is 332 g/mol. The minimum Gasteiger partial charge on any atom is -0.378 e. The van der Waals surface area contributed by atoms with Crippen LogP contribution in [0.25, 0.3) is 0 Å². The molecule has 0 aliphatic heterocycles. The van der Waals surface area contributed by atoms with Crippen LogP contribution < -0.4 is 9.62 Å². The van der Waals surface area contributed by atoms with Gasteiger partial charge < -0.3 is 4.90 Å². The molecule has 0 heterocycles. The molecule has 0 unspecified atom stereocenters. The summed E-state index contributed by atoms with van der Waals surface area (Å²) in [7, 11) is 0.682. The summed E-state index contributed by atoms with van der Waals surface area (Å²) < 4.78 is 27.0. The van der Waals surface area contributed by atoms with Gasteiger partial charge in [0.25, 0.3) is 0 Å². The van der Waals surface area contributed by atoms with Crippen molar-refractivity contribution < 1.29 is 8.42 Å². The van der Waals surface area contributed by atoms with Gasteiger partial charge in [-0.2, -0.15) is 0 Å². The zero-order valence-corrected chi connectivity index (χ0v) is 14.7. The second-order valence-electron chi connectivity index (χ2n) is 5.89. The Bertz CT molecular complexity index is 738. The molecule has 0 aromatic heterocycles. The fourth-order valence-corrected chi connectivity index (χ4v) is 3.59. The number of hydrogen-bond acceptors (Lipinski definition) is 3. The molecule has 0 fully saturated rings. The van der Waals surface area contributed by atoms with Crippen molar-refractivity contribution in [3.63, 3.8) is 0 Å². The smallest absolute Gasteiger partial charge is 0.215 e. The van der Waals surface area contributed by atoms with Gasteiger partial charge in [-0.25, -0.2) is 13.1 Å². The van der Waals surface area contributed by atoms with Crippen molar-refractivity contribution in [2.24, 2.45) is 0 Å². The predicted octanol–water partition coefficient (Wildman–Crippen LogP) is 2.72. The Labute approximate surface area is 139 Å². The van der Waals surface area contributed by atoms with E-state index in [2.05, 4.69) is 4.72 Å². The van der Waals surface area contributed by atoms with Crippen LogP contribution in [0.1, 0.15) is 16.7 Å². The highest BCUT2D eigenvalue weighted by molar-refractivity contribution is 7.88. The van der Waals surface area contributed by atoms with Crippen molar-refractivity contribution in [1.82, 2.24) is 4.72 Å². The molecular formula is C18H24N2O2S. The Kier molecular flexibility index (Phi) is 5.80. The van der Waals surface area contributed by atoms with Gasteiger partial charge in [0, 0.05) is 26.3 Å². The maximum atomic E-state index is 12.2. The van der Waals surface area contributed by atoms with E-state index in [1.165, 1.54) is 0 Å². The van der Waals surface area contributed by atoms with Crippen LogP contribution in [0.5, 0.6) is 0 Å². The number of aryl methyl sites for hydroxylation is 1. The van der Waals surface area contributed by atoms with Crippen molar-refractivity contribution in [2.75, 3.05) is 25.5 Å². The van der Waals surface area contributed by atoms with Crippen LogP contribution in [-0.2, 0) is 22.2 Å². The van der Waals surface area contributed by atoms with E-state index in [9.17, 15) is 8.42 Å². The first-order chi connectivity index (χ1) is 10.9. The van der Waals surface area contributed by atoms with Crippen LogP contribution in [0.3, 0.4) is 0 Å². The molecule has 2 aromatic carbocycles. The van der Waals surface area contributed by atoms with Gasteiger partial charge in [0.1, 0.15) is 0 Å². The number of nitrogens with zero attached hydrogens (tertiary/aromatic N) is 1. The molecule has 1 N–H and O–H groups in total. The maximum absolute atomic E-state index is 12.2. The zero-order valence-electron chi connectivity index (χ0n) is 13.9. The average Bonchev–Trinajstić information content (AvgIpc) is 2.50. The first-order valence-corrected chi connectivity index (χ1v) is 9.31. The number of anilines is 1. The van der Waals surface area contributed by atoms with Crippen LogP contribution in [0.15, 0.2) is 48.5 Å². The lowest BCUT2D eigenvalue weighted by Crippen LogP contribution is -2.27. The molecule has 0 radical (unpaired) electrons. The highest BCUT2D eigenvalue weighted by atomic mass is 32.2. The Morgan fingerprint density at radius 3 is 2.26 bits per heavy atom. The summed E-state index contributed by atoms with van der Waals surface area (Å²) in [6, 6.07) is 15.7. The van der Waals surface area contributed by atoms with Crippen LogP contribution in [0.2, 0.25) is 0 Å². The molecule has 2 rings (SSSR count). The van der Waals surface area contributed by atoms with Gasteiger partial charge in [0.05, 0.1) is 5.75 Å². The Balaban J connectivity index is 1.88. The van der Waals surface area contributed by atoms with Gasteiger partial charge in [-0.15, -0.1) is 0 Å². The number of sulfonamides is 1. The lowest BCUT2D eigenvalue weighted by atomic mass is 10.1. The van der Waals surface area contributed by atoms with Gasteiger partial charge in [-0.3, -0.25) is 0 Å². The first-order valence-electron chi connectivity index (χ1n) is 7.65. The lowest BCUT2D eigenvalue weighted by molar-refractivity contribution is 0.580. The van der Waals surface area contributed by atoms with E-state index in [0.29, 0.717) is 13.0 Å². The van der Waals surface area contributed by atoms with Crippen molar-refractivity contribution in [1.29, 1.82) is 0 Å². The Morgan fingerprint density at radius 2 is 1.65 bits per heavy atom. The zero-order chi connectivity index (χ0) is 16.9. The lowest BCUT2D eigenvalue weighted by Gasteiger charge is -2.13. The molecule has 5 heteroatoms. The SMILES string of the molecule is Cc1ccccc1CS(=O)(=O)NCCc1ccc(N(C)C)cc1. The quantitative estimate of drug-likeness (QED) is 0.848. The van der Waals surface area contributed by atoms with Crippen molar-refractivity contribution in [2.45, 2.75) is 19.1 Å². The first kappa shape index (κ1) is 17.5. The van der Waals surface area contributed by atoms with Gasteiger partial charge in [0.2, 0.25) is 10.0 Å². The summed E-state index contributed by atoms with van der Waals surface area (Å²) in [5.74, 6) is 0.0270. The summed E-state index contributed by atoms with van der Waals surface area (Å²) in [6.45, 7) is 2.34. The Morgan fingerprint density at radius 1 is 1.00 bits per heavy atom. The predicted molar refractivity (Wildman–Crippen MR) is 96.3 cm³/mol. The maximum Gasteiger partial charge on any atom is 0.215 e. The normalized spacial score (nSPS) is 11.4. The molecule has 2 aromatic rings. The molecular weight excluding hydrogens is 308 g/mol. The topological polar surface area (TPSA) is 49.4 Å². The second-order valence-corrected chi connectivity index (χ2v) is 7.70. The van der Waals surface area contributed by atoms with Gasteiger partial charge in [-0.1, -0.05) is 36.4 Å². The van der Waals surface area contributed by atoms with Crippen molar-refractivity contribution in [3.05, 3.63) is 65.2 Å². The van der Waals surface area contributed by atoms with Crippen LogP contribution in [-0.4, -0.2) is 29.1 Å². The molecule has 0 atom stereocenters. The number of nitrogens with one attached hydrogen (secondary N) is 1. The largest absolute Gasteiger partial charge is 0.378 e.